The Morgan fingerprint density at radius 3 is 2.43 bits per heavy atom. The Bertz CT molecular complexity index is 525. The average Bonchev–Trinajstić information content (AvgIpc) is 3.05. The zero-order valence-electron chi connectivity index (χ0n) is 12.0. The number of nitrogens with zero attached hydrogens (tertiary/aromatic N) is 3. The predicted molar refractivity (Wildman–Crippen MR) is 84.4 cm³/mol. The summed E-state index contributed by atoms with van der Waals surface area (Å²) in [5, 5.41) is 0.803. The van der Waals surface area contributed by atoms with Crippen molar-refractivity contribution in [3.8, 4) is 0 Å². The first kappa shape index (κ1) is 14.6. The number of carbonyl (C=O) groups excluding carboxylic acids is 1. The van der Waals surface area contributed by atoms with E-state index in [2.05, 4.69) is 9.88 Å². The highest BCUT2D eigenvalue weighted by Gasteiger charge is 2.28. The molecule has 7 nitrogen and oxygen atoms in total. The quantitative estimate of drug-likeness (QED) is 0.698. The van der Waals surface area contributed by atoms with Gasteiger partial charge in [0.25, 0.3) is 5.91 Å². The van der Waals surface area contributed by atoms with Gasteiger partial charge in [-0.3, -0.25) is 4.79 Å². The highest BCUT2D eigenvalue weighted by Crippen LogP contribution is 2.31. The van der Waals surface area contributed by atoms with Crippen LogP contribution in [0, 0.1) is 0 Å². The molecule has 2 aliphatic heterocycles. The summed E-state index contributed by atoms with van der Waals surface area (Å²) in [7, 11) is 0. The highest BCUT2D eigenvalue weighted by molar-refractivity contribution is 7.18. The van der Waals surface area contributed by atoms with E-state index in [1.807, 2.05) is 4.90 Å². The van der Waals surface area contributed by atoms with Gasteiger partial charge < -0.3 is 27.0 Å². The van der Waals surface area contributed by atoms with Gasteiger partial charge in [-0.05, 0) is 19.3 Å². The maximum atomic E-state index is 12.6. The molecule has 1 atom stereocenters. The van der Waals surface area contributed by atoms with Gasteiger partial charge in [0.05, 0.1) is 0 Å². The summed E-state index contributed by atoms with van der Waals surface area (Å²) < 4.78 is 0. The van der Waals surface area contributed by atoms with E-state index in [1.54, 1.807) is 0 Å². The Morgan fingerprint density at radius 2 is 1.81 bits per heavy atom. The van der Waals surface area contributed by atoms with Gasteiger partial charge >= 0.3 is 0 Å². The molecule has 1 aromatic heterocycles. The van der Waals surface area contributed by atoms with E-state index in [0.29, 0.717) is 23.8 Å². The minimum atomic E-state index is -0.0216. The molecule has 1 unspecified atom stereocenters. The number of likely N-dealkylation sites (tertiary alicyclic amines) is 1. The summed E-state index contributed by atoms with van der Waals surface area (Å²) in [5.74, 6) is 0.307. The summed E-state index contributed by atoms with van der Waals surface area (Å²) in [6.07, 6.45) is 2.64. The van der Waals surface area contributed by atoms with Gasteiger partial charge in [0.15, 0.2) is 5.13 Å². The van der Waals surface area contributed by atoms with Crippen LogP contribution in [-0.2, 0) is 0 Å². The first-order chi connectivity index (χ1) is 10.0. The topological polar surface area (TPSA) is 114 Å². The third-order valence-electron chi connectivity index (χ3n) is 4.16. The number of anilines is 2. The Kier molecular flexibility index (Phi) is 4.01. The molecule has 3 rings (SSSR count). The number of nitrogens with two attached hydrogens (primary N) is 3. The number of hydrogen-bond donors (Lipinski definition) is 3. The number of nitrogen functional groups attached to an aromatic ring is 1. The predicted octanol–water partition coefficient (Wildman–Crippen LogP) is -0.174. The van der Waals surface area contributed by atoms with Crippen molar-refractivity contribution in [2.75, 3.05) is 36.8 Å². The van der Waals surface area contributed by atoms with E-state index in [4.69, 9.17) is 17.2 Å². The van der Waals surface area contributed by atoms with Crippen LogP contribution < -0.4 is 22.1 Å². The van der Waals surface area contributed by atoms with Crippen molar-refractivity contribution in [2.24, 2.45) is 11.5 Å². The van der Waals surface area contributed by atoms with Gasteiger partial charge in [-0.2, -0.15) is 0 Å². The van der Waals surface area contributed by atoms with Crippen LogP contribution in [0.4, 0.5) is 10.9 Å². The average molecular weight is 310 g/mol. The minimum absolute atomic E-state index is 0.0216. The molecule has 2 saturated heterocycles. The Morgan fingerprint density at radius 1 is 1.14 bits per heavy atom. The fourth-order valence-corrected chi connectivity index (χ4v) is 3.80. The zero-order valence-corrected chi connectivity index (χ0v) is 12.8. The van der Waals surface area contributed by atoms with Gasteiger partial charge in [-0.1, -0.05) is 11.3 Å². The third kappa shape index (κ3) is 2.97. The maximum absolute atomic E-state index is 12.6. The number of thiazole rings is 1. The lowest BCUT2D eigenvalue weighted by molar-refractivity contribution is 0.0720. The van der Waals surface area contributed by atoms with Crippen LogP contribution in [0.25, 0.3) is 0 Å². The molecule has 0 aliphatic carbocycles. The summed E-state index contributed by atoms with van der Waals surface area (Å²) >= 11 is 1.37. The normalized spacial score (nSPS) is 23.8. The van der Waals surface area contributed by atoms with E-state index >= 15 is 0 Å². The molecule has 0 spiro atoms. The van der Waals surface area contributed by atoms with Crippen molar-refractivity contribution in [1.29, 1.82) is 0 Å². The molecule has 8 heteroatoms. The molecule has 116 valence electrons. The third-order valence-corrected chi connectivity index (χ3v) is 5.28. The fraction of sp³-hybridized carbons (Fsp3) is 0.692. The van der Waals surface area contributed by atoms with Crippen molar-refractivity contribution in [1.82, 2.24) is 9.88 Å². The summed E-state index contributed by atoms with van der Waals surface area (Å²) in [6.45, 7) is 3.04. The smallest absolute Gasteiger partial charge is 0.267 e. The molecule has 21 heavy (non-hydrogen) atoms. The zero-order chi connectivity index (χ0) is 15.0. The largest absolute Gasteiger partial charge is 0.382 e. The van der Waals surface area contributed by atoms with E-state index in [0.717, 1.165) is 37.5 Å². The number of aromatic nitrogens is 1. The second-order valence-corrected chi connectivity index (χ2v) is 6.81. The van der Waals surface area contributed by atoms with Crippen molar-refractivity contribution in [3.63, 3.8) is 0 Å². The molecular weight excluding hydrogens is 288 g/mol. The summed E-state index contributed by atoms with van der Waals surface area (Å²) in [5.41, 5.74) is 17.7. The number of piperidine rings is 1. The molecule has 2 fully saturated rings. The lowest BCUT2D eigenvalue weighted by Crippen LogP contribution is -2.42. The monoisotopic (exact) mass is 310 g/mol. The molecule has 1 amide bonds. The van der Waals surface area contributed by atoms with Gasteiger partial charge in [0.2, 0.25) is 0 Å². The molecule has 0 saturated carbocycles. The van der Waals surface area contributed by atoms with Crippen molar-refractivity contribution in [2.45, 2.75) is 31.3 Å². The molecular formula is C13H22N6OS. The van der Waals surface area contributed by atoms with Gasteiger partial charge in [0, 0.05) is 38.3 Å². The first-order valence-electron chi connectivity index (χ1n) is 7.36. The van der Waals surface area contributed by atoms with Crippen LogP contribution in [0.15, 0.2) is 0 Å². The lowest BCUT2D eigenvalue weighted by atomic mass is 10.1. The van der Waals surface area contributed by atoms with E-state index in [1.165, 1.54) is 11.3 Å². The van der Waals surface area contributed by atoms with E-state index in [-0.39, 0.29) is 18.0 Å². The molecule has 0 radical (unpaired) electrons. The molecule has 6 N–H and O–H groups in total. The number of amides is 1. The van der Waals surface area contributed by atoms with Crippen LogP contribution in [0.5, 0.6) is 0 Å². The van der Waals surface area contributed by atoms with Crippen LogP contribution in [0.1, 0.15) is 28.9 Å². The molecule has 0 aromatic carbocycles. The van der Waals surface area contributed by atoms with Crippen LogP contribution in [0.3, 0.4) is 0 Å². The molecule has 3 heterocycles. The summed E-state index contributed by atoms with van der Waals surface area (Å²) in [6, 6.07) is 0.382. The van der Waals surface area contributed by atoms with Crippen molar-refractivity contribution < 1.29 is 4.79 Å². The van der Waals surface area contributed by atoms with Crippen molar-refractivity contribution >= 4 is 28.2 Å². The van der Waals surface area contributed by atoms with Crippen LogP contribution in [-0.4, -0.2) is 54.1 Å². The van der Waals surface area contributed by atoms with E-state index in [9.17, 15) is 4.79 Å². The Balaban J connectivity index is 1.73. The molecule has 1 aromatic rings. The number of carbonyl (C=O) groups is 1. The molecule has 0 bridgehead atoms. The minimum Gasteiger partial charge on any atom is -0.382 e. The van der Waals surface area contributed by atoms with Gasteiger partial charge in [0.1, 0.15) is 10.7 Å². The van der Waals surface area contributed by atoms with E-state index < -0.39 is 0 Å². The number of rotatable bonds is 2. The van der Waals surface area contributed by atoms with Crippen LogP contribution in [0.2, 0.25) is 0 Å². The molecule has 2 aliphatic rings. The Labute approximate surface area is 128 Å². The standard InChI is InChI=1S/C13H22N6OS/c14-8-1-4-18(5-2-8)12(20)10-11(16)17-13(21-10)19-6-3-9(15)7-19/h8-9H,1-7,14-16H2. The fourth-order valence-electron chi connectivity index (χ4n) is 2.82. The maximum Gasteiger partial charge on any atom is 0.267 e. The SMILES string of the molecule is Nc1nc(N2CCC(N)C2)sc1C(=O)N1CCC(N)CC1. The van der Waals surface area contributed by atoms with Gasteiger partial charge in [-0.25, -0.2) is 4.98 Å². The summed E-state index contributed by atoms with van der Waals surface area (Å²) in [4.78, 5) is 21.4. The van der Waals surface area contributed by atoms with Crippen LogP contribution >= 0.6 is 11.3 Å². The number of hydrogen-bond acceptors (Lipinski definition) is 7. The second kappa shape index (κ2) is 5.78. The van der Waals surface area contributed by atoms with Crippen molar-refractivity contribution in [3.05, 3.63) is 4.88 Å². The highest BCUT2D eigenvalue weighted by atomic mass is 32.1. The Hall–Kier alpha value is -1.38. The van der Waals surface area contributed by atoms with Gasteiger partial charge in [-0.15, -0.1) is 0 Å². The first-order valence-corrected chi connectivity index (χ1v) is 8.18. The lowest BCUT2D eigenvalue weighted by Gasteiger charge is -2.29. The second-order valence-electron chi connectivity index (χ2n) is 5.84.